The molecule has 0 radical (unpaired) electrons. The second kappa shape index (κ2) is 4.46. The SMILES string of the molecule is CC(C)C(=O)CSc1nccn1C. The second-order valence-corrected chi connectivity index (χ2v) is 4.17. The molecule has 1 aromatic heterocycles. The second-order valence-electron chi connectivity index (χ2n) is 3.23. The van der Waals surface area contributed by atoms with Gasteiger partial charge >= 0.3 is 0 Å². The lowest BCUT2D eigenvalue weighted by Crippen LogP contribution is -2.10. The highest BCUT2D eigenvalue weighted by Crippen LogP contribution is 2.15. The molecule has 0 saturated heterocycles. The number of thioether (sulfide) groups is 1. The molecular weight excluding hydrogens is 184 g/mol. The summed E-state index contributed by atoms with van der Waals surface area (Å²) in [6.45, 7) is 3.84. The maximum absolute atomic E-state index is 11.3. The van der Waals surface area contributed by atoms with E-state index < -0.39 is 0 Å². The van der Waals surface area contributed by atoms with Crippen LogP contribution in [0.1, 0.15) is 13.8 Å². The number of aromatic nitrogens is 2. The van der Waals surface area contributed by atoms with Crippen LogP contribution >= 0.6 is 11.8 Å². The summed E-state index contributed by atoms with van der Waals surface area (Å²) in [5, 5.41) is 0.897. The molecular formula is C9H14N2OS. The van der Waals surface area contributed by atoms with Crippen LogP contribution in [0.2, 0.25) is 0 Å². The fourth-order valence-electron chi connectivity index (χ4n) is 0.793. The number of ketones is 1. The Balaban J connectivity index is 2.44. The van der Waals surface area contributed by atoms with E-state index in [2.05, 4.69) is 4.98 Å². The third kappa shape index (κ3) is 2.88. The fraction of sp³-hybridized carbons (Fsp3) is 0.556. The Labute approximate surface area is 82.5 Å². The van der Waals surface area contributed by atoms with E-state index in [1.165, 1.54) is 11.8 Å². The van der Waals surface area contributed by atoms with Gasteiger partial charge in [0.15, 0.2) is 5.16 Å². The van der Waals surface area contributed by atoms with Crippen LogP contribution in [0, 0.1) is 5.92 Å². The Bertz CT molecular complexity index is 294. The number of hydrogen-bond donors (Lipinski definition) is 0. The van der Waals surface area contributed by atoms with Crippen molar-refractivity contribution in [3.8, 4) is 0 Å². The first-order valence-corrected chi connectivity index (χ1v) is 5.22. The van der Waals surface area contributed by atoms with E-state index in [1.807, 2.05) is 31.7 Å². The van der Waals surface area contributed by atoms with Gasteiger partial charge < -0.3 is 4.57 Å². The Morgan fingerprint density at radius 2 is 2.38 bits per heavy atom. The molecule has 1 heterocycles. The number of carbonyl (C=O) groups excluding carboxylic acids is 1. The minimum Gasteiger partial charge on any atom is -0.329 e. The van der Waals surface area contributed by atoms with Gasteiger partial charge in [-0.15, -0.1) is 0 Å². The third-order valence-electron chi connectivity index (χ3n) is 1.76. The van der Waals surface area contributed by atoms with Crippen LogP contribution in [-0.4, -0.2) is 21.1 Å². The summed E-state index contributed by atoms with van der Waals surface area (Å²) in [5.74, 6) is 0.906. The maximum Gasteiger partial charge on any atom is 0.168 e. The molecule has 0 saturated carbocycles. The minimum absolute atomic E-state index is 0.118. The Morgan fingerprint density at radius 3 is 2.85 bits per heavy atom. The summed E-state index contributed by atoms with van der Waals surface area (Å²) in [5.41, 5.74) is 0. The first-order valence-electron chi connectivity index (χ1n) is 4.24. The lowest BCUT2D eigenvalue weighted by molar-refractivity contribution is -0.119. The quantitative estimate of drug-likeness (QED) is 0.691. The van der Waals surface area contributed by atoms with Gasteiger partial charge in [0, 0.05) is 25.4 Å². The van der Waals surface area contributed by atoms with Gasteiger partial charge in [0.2, 0.25) is 0 Å². The molecule has 72 valence electrons. The summed E-state index contributed by atoms with van der Waals surface area (Å²) >= 11 is 1.49. The zero-order chi connectivity index (χ0) is 9.84. The molecule has 0 atom stereocenters. The van der Waals surface area contributed by atoms with E-state index in [0.29, 0.717) is 5.75 Å². The summed E-state index contributed by atoms with van der Waals surface area (Å²) < 4.78 is 1.91. The van der Waals surface area contributed by atoms with E-state index >= 15 is 0 Å². The number of rotatable bonds is 4. The van der Waals surface area contributed by atoms with Crippen LogP contribution in [0.4, 0.5) is 0 Å². The van der Waals surface area contributed by atoms with Gasteiger partial charge in [0.05, 0.1) is 5.75 Å². The third-order valence-corrected chi connectivity index (χ3v) is 2.84. The molecule has 3 nitrogen and oxygen atoms in total. The molecule has 13 heavy (non-hydrogen) atoms. The highest BCUT2D eigenvalue weighted by Gasteiger charge is 2.09. The largest absolute Gasteiger partial charge is 0.329 e. The normalized spacial score (nSPS) is 10.8. The molecule has 0 amide bonds. The van der Waals surface area contributed by atoms with Crippen molar-refractivity contribution in [2.24, 2.45) is 13.0 Å². The Kier molecular flexibility index (Phi) is 3.54. The molecule has 0 aliphatic heterocycles. The van der Waals surface area contributed by atoms with Crippen LogP contribution in [0.3, 0.4) is 0 Å². The molecule has 0 fully saturated rings. The number of nitrogens with zero attached hydrogens (tertiary/aromatic N) is 2. The van der Waals surface area contributed by atoms with E-state index in [9.17, 15) is 4.79 Å². The lowest BCUT2D eigenvalue weighted by atomic mass is 10.1. The van der Waals surface area contributed by atoms with Crippen LogP contribution in [-0.2, 0) is 11.8 Å². The van der Waals surface area contributed by atoms with Gasteiger partial charge in [-0.1, -0.05) is 25.6 Å². The molecule has 0 unspecified atom stereocenters. The number of imidazole rings is 1. The van der Waals surface area contributed by atoms with Crippen LogP contribution in [0.5, 0.6) is 0 Å². The molecule has 0 aromatic carbocycles. The summed E-state index contributed by atoms with van der Waals surface area (Å²) in [4.78, 5) is 15.4. The predicted octanol–water partition coefficient (Wildman–Crippen LogP) is 1.74. The monoisotopic (exact) mass is 198 g/mol. The topological polar surface area (TPSA) is 34.9 Å². The number of carbonyl (C=O) groups is 1. The van der Waals surface area contributed by atoms with Crippen LogP contribution in [0.15, 0.2) is 17.6 Å². The van der Waals surface area contributed by atoms with E-state index in [4.69, 9.17) is 0 Å². The number of hydrogen-bond acceptors (Lipinski definition) is 3. The summed E-state index contributed by atoms with van der Waals surface area (Å²) in [7, 11) is 1.93. The van der Waals surface area contributed by atoms with Gasteiger partial charge in [0.1, 0.15) is 5.78 Å². The van der Waals surface area contributed by atoms with Crippen molar-refractivity contribution in [1.82, 2.24) is 9.55 Å². The molecule has 0 aliphatic rings. The zero-order valence-corrected chi connectivity index (χ0v) is 8.97. The van der Waals surface area contributed by atoms with Crippen molar-refractivity contribution in [1.29, 1.82) is 0 Å². The first kappa shape index (κ1) is 10.3. The Hall–Kier alpha value is -0.770. The van der Waals surface area contributed by atoms with Gasteiger partial charge in [0.25, 0.3) is 0 Å². The summed E-state index contributed by atoms with van der Waals surface area (Å²) in [6, 6.07) is 0. The van der Waals surface area contributed by atoms with Crippen LogP contribution < -0.4 is 0 Å². The highest BCUT2D eigenvalue weighted by atomic mass is 32.2. The van der Waals surface area contributed by atoms with E-state index in [1.54, 1.807) is 6.20 Å². The number of aryl methyl sites for hydroxylation is 1. The zero-order valence-electron chi connectivity index (χ0n) is 8.15. The molecule has 0 bridgehead atoms. The first-order chi connectivity index (χ1) is 6.11. The molecule has 4 heteroatoms. The standard InChI is InChI=1S/C9H14N2OS/c1-7(2)8(12)6-13-9-10-4-5-11(9)3/h4-5,7H,6H2,1-3H3. The molecule has 1 aromatic rings. The van der Waals surface area contributed by atoms with E-state index in [-0.39, 0.29) is 11.7 Å². The highest BCUT2D eigenvalue weighted by molar-refractivity contribution is 7.99. The van der Waals surface area contributed by atoms with Crippen molar-refractivity contribution < 1.29 is 4.79 Å². The predicted molar refractivity (Wildman–Crippen MR) is 53.8 cm³/mol. The van der Waals surface area contributed by atoms with Crippen molar-refractivity contribution in [3.63, 3.8) is 0 Å². The van der Waals surface area contributed by atoms with Crippen LogP contribution in [0.25, 0.3) is 0 Å². The van der Waals surface area contributed by atoms with Gasteiger partial charge in [-0.3, -0.25) is 4.79 Å². The molecule has 1 rings (SSSR count). The van der Waals surface area contributed by atoms with Crippen molar-refractivity contribution in [3.05, 3.63) is 12.4 Å². The smallest absolute Gasteiger partial charge is 0.168 e. The maximum atomic E-state index is 11.3. The average Bonchev–Trinajstić information content (AvgIpc) is 2.47. The fourth-order valence-corrected chi connectivity index (χ4v) is 1.80. The van der Waals surface area contributed by atoms with Crippen molar-refractivity contribution in [2.75, 3.05) is 5.75 Å². The van der Waals surface area contributed by atoms with Gasteiger partial charge in [-0.05, 0) is 0 Å². The molecule has 0 N–H and O–H groups in total. The van der Waals surface area contributed by atoms with Crippen molar-refractivity contribution >= 4 is 17.5 Å². The lowest BCUT2D eigenvalue weighted by Gasteiger charge is -2.03. The van der Waals surface area contributed by atoms with Gasteiger partial charge in [-0.2, -0.15) is 0 Å². The van der Waals surface area contributed by atoms with Crippen molar-refractivity contribution in [2.45, 2.75) is 19.0 Å². The van der Waals surface area contributed by atoms with Gasteiger partial charge in [-0.25, -0.2) is 4.98 Å². The number of Topliss-reactive ketones (excluding diaryl/α,β-unsaturated/α-hetero) is 1. The minimum atomic E-state index is 0.118. The average molecular weight is 198 g/mol. The van der Waals surface area contributed by atoms with E-state index in [0.717, 1.165) is 5.16 Å². The Morgan fingerprint density at radius 1 is 1.69 bits per heavy atom. The molecule has 0 spiro atoms. The summed E-state index contributed by atoms with van der Waals surface area (Å²) in [6.07, 6.45) is 3.62. The molecule has 0 aliphatic carbocycles.